The van der Waals surface area contributed by atoms with Gasteiger partial charge in [0.2, 0.25) is 0 Å². The zero-order valence-electron chi connectivity index (χ0n) is 47.7. The number of hydrogen-bond donors (Lipinski definition) is 3. The van der Waals surface area contributed by atoms with Crippen LogP contribution in [0.4, 0.5) is 0 Å². The van der Waals surface area contributed by atoms with Crippen molar-refractivity contribution in [1.29, 1.82) is 0 Å². The molecule has 0 aliphatic heterocycles. The summed E-state index contributed by atoms with van der Waals surface area (Å²) >= 11 is 0. The molecule has 0 heterocycles. The molecule has 0 radical (unpaired) electrons. The molecule has 0 fully saturated rings. The van der Waals surface area contributed by atoms with Crippen LogP contribution in [0.25, 0.3) is 0 Å². The summed E-state index contributed by atoms with van der Waals surface area (Å²) in [5.74, 6) is -1.45. The Balaban J connectivity index is 5.20. The second-order valence-electron chi connectivity index (χ2n) is 20.8. The minimum atomic E-state index is -4.93. The molecule has 0 saturated carbocycles. The number of phosphoric ester groups is 2. The largest absolute Gasteiger partial charge is 0.472 e. The van der Waals surface area contributed by atoms with Crippen LogP contribution < -0.4 is 0 Å². The first-order valence-electron chi connectivity index (χ1n) is 29.6. The Morgan fingerprint density at radius 3 is 0.907 bits per heavy atom. The molecule has 0 aromatic heterocycles. The highest BCUT2D eigenvalue weighted by atomic mass is 31.2. The Morgan fingerprint density at radius 1 is 0.360 bits per heavy atom. The molecule has 3 N–H and O–H groups in total. The maximum absolute atomic E-state index is 12.9. The van der Waals surface area contributed by atoms with E-state index in [1.54, 1.807) is 0 Å². The van der Waals surface area contributed by atoms with Crippen molar-refractivity contribution in [2.24, 2.45) is 5.92 Å². The molecule has 0 aliphatic rings. The van der Waals surface area contributed by atoms with Gasteiger partial charge in [-0.05, 0) is 31.6 Å². The van der Waals surface area contributed by atoms with Gasteiger partial charge in [-0.3, -0.25) is 37.3 Å². The maximum Gasteiger partial charge on any atom is 0.472 e. The molecular formula is C56H108O17P2. The molecule has 0 aromatic rings. The van der Waals surface area contributed by atoms with E-state index in [4.69, 9.17) is 37.0 Å². The third-order valence-corrected chi connectivity index (χ3v) is 14.7. The summed E-state index contributed by atoms with van der Waals surface area (Å²) in [7, 11) is -9.86. The minimum Gasteiger partial charge on any atom is -0.462 e. The third-order valence-electron chi connectivity index (χ3n) is 12.8. The molecule has 0 rings (SSSR count). The maximum atomic E-state index is 12.9. The Labute approximate surface area is 454 Å². The van der Waals surface area contributed by atoms with Crippen LogP contribution in [0.3, 0.4) is 0 Å². The van der Waals surface area contributed by atoms with Crippen LogP contribution in [-0.4, -0.2) is 96.7 Å². The first kappa shape index (κ1) is 73.1. The van der Waals surface area contributed by atoms with Crippen molar-refractivity contribution < 1.29 is 80.2 Å². The lowest BCUT2D eigenvalue weighted by atomic mass is 10.0. The van der Waals surface area contributed by atoms with Crippen molar-refractivity contribution in [3.63, 3.8) is 0 Å². The number of aliphatic hydroxyl groups is 1. The molecule has 0 spiro atoms. The highest BCUT2D eigenvalue weighted by Crippen LogP contribution is 2.45. The van der Waals surface area contributed by atoms with Crippen molar-refractivity contribution in [3.8, 4) is 0 Å². The first-order chi connectivity index (χ1) is 36.0. The smallest absolute Gasteiger partial charge is 0.462 e. The highest BCUT2D eigenvalue weighted by molar-refractivity contribution is 7.47. The molecule has 0 aromatic carbocycles. The Kier molecular flexibility index (Phi) is 49.0. The van der Waals surface area contributed by atoms with E-state index in [1.165, 1.54) is 64.2 Å². The van der Waals surface area contributed by atoms with Crippen LogP contribution >= 0.6 is 15.6 Å². The number of ether oxygens (including phenoxy) is 4. The van der Waals surface area contributed by atoms with Gasteiger partial charge in [-0.25, -0.2) is 9.13 Å². The number of unbranched alkanes of at least 4 members (excludes halogenated alkanes) is 28. The van der Waals surface area contributed by atoms with Crippen molar-refractivity contribution in [2.75, 3.05) is 39.6 Å². The first-order valence-corrected chi connectivity index (χ1v) is 32.6. The average Bonchev–Trinajstić information content (AvgIpc) is 3.37. The number of aliphatic hydroxyl groups excluding tert-OH is 1. The predicted octanol–water partition coefficient (Wildman–Crippen LogP) is 14.7. The molecule has 75 heavy (non-hydrogen) atoms. The molecule has 17 nitrogen and oxygen atoms in total. The number of phosphoric acid groups is 2. The van der Waals surface area contributed by atoms with Gasteiger partial charge in [0.25, 0.3) is 0 Å². The standard InChI is InChI=1S/C56H108O17P2/c1-6-9-12-15-18-19-20-21-26-32-37-42-56(61)73-52(46-67-54(59)40-35-30-27-22-25-28-33-38-49(4)5)48-71-75(64,65)69-44-50(57)43-68-74(62,63)70-47-51(72-55(60)41-36-31-24-17-14-11-8-3)45-66-53(58)39-34-29-23-16-13-10-7-2/h49-52,57H,6-48H2,1-5H3,(H,62,63)(H,64,65)/t50-,51+,52+/m0/s1. The Hall–Kier alpha value is -1.94. The summed E-state index contributed by atoms with van der Waals surface area (Å²) in [6.45, 7) is 6.99. The second kappa shape index (κ2) is 50.3. The molecule has 0 bridgehead atoms. The van der Waals surface area contributed by atoms with Crippen molar-refractivity contribution in [2.45, 2.75) is 291 Å². The summed E-state index contributed by atoms with van der Waals surface area (Å²) in [6, 6.07) is 0. The topological polar surface area (TPSA) is 237 Å². The number of rotatable bonds is 56. The van der Waals surface area contributed by atoms with E-state index in [2.05, 4.69) is 34.6 Å². The quantitative estimate of drug-likeness (QED) is 0.0222. The second-order valence-corrected chi connectivity index (χ2v) is 23.7. The SMILES string of the molecule is CCCCCCCCCCCCCC(=O)O[C@H](COC(=O)CCCCCCCCCC(C)C)COP(=O)(O)OC[C@@H](O)COP(=O)(O)OC[C@@H](COC(=O)CCCCCCCCC)OC(=O)CCCCCCCCC. The number of carbonyl (C=O) groups is 4. The molecule has 19 heteroatoms. The fourth-order valence-corrected chi connectivity index (χ4v) is 9.75. The van der Waals surface area contributed by atoms with Gasteiger partial charge in [0.1, 0.15) is 19.3 Å². The van der Waals surface area contributed by atoms with Gasteiger partial charge in [-0.15, -0.1) is 0 Å². The molecule has 5 atom stereocenters. The predicted molar refractivity (Wildman–Crippen MR) is 294 cm³/mol. The van der Waals surface area contributed by atoms with E-state index in [0.717, 1.165) is 122 Å². The molecule has 0 amide bonds. The van der Waals surface area contributed by atoms with Crippen LogP contribution in [0.5, 0.6) is 0 Å². The lowest BCUT2D eigenvalue weighted by molar-refractivity contribution is -0.161. The molecule has 444 valence electrons. The van der Waals surface area contributed by atoms with Crippen LogP contribution in [0.15, 0.2) is 0 Å². The van der Waals surface area contributed by atoms with Gasteiger partial charge in [-0.2, -0.15) is 0 Å². The minimum absolute atomic E-state index is 0.103. The summed E-state index contributed by atoms with van der Waals surface area (Å²) in [5, 5.41) is 10.5. The van der Waals surface area contributed by atoms with E-state index in [1.807, 2.05) is 0 Å². The molecule has 0 aliphatic carbocycles. The van der Waals surface area contributed by atoms with E-state index in [0.29, 0.717) is 31.6 Å². The van der Waals surface area contributed by atoms with Crippen molar-refractivity contribution in [1.82, 2.24) is 0 Å². The van der Waals surface area contributed by atoms with Gasteiger partial charge < -0.3 is 33.8 Å². The van der Waals surface area contributed by atoms with Gasteiger partial charge in [0.05, 0.1) is 26.4 Å². The lowest BCUT2D eigenvalue weighted by Crippen LogP contribution is -2.30. The van der Waals surface area contributed by atoms with Crippen LogP contribution in [-0.2, 0) is 65.4 Å². The van der Waals surface area contributed by atoms with Crippen molar-refractivity contribution >= 4 is 39.5 Å². The summed E-state index contributed by atoms with van der Waals surface area (Å²) in [5.41, 5.74) is 0. The lowest BCUT2D eigenvalue weighted by Gasteiger charge is -2.21. The van der Waals surface area contributed by atoms with Crippen molar-refractivity contribution in [3.05, 3.63) is 0 Å². The number of hydrogen-bond acceptors (Lipinski definition) is 15. The van der Waals surface area contributed by atoms with Gasteiger partial charge in [0, 0.05) is 25.7 Å². The monoisotopic (exact) mass is 1110 g/mol. The van der Waals surface area contributed by atoms with Gasteiger partial charge in [-0.1, -0.05) is 221 Å². The van der Waals surface area contributed by atoms with E-state index >= 15 is 0 Å². The zero-order chi connectivity index (χ0) is 55.7. The van der Waals surface area contributed by atoms with Gasteiger partial charge >= 0.3 is 39.5 Å². The summed E-state index contributed by atoms with van der Waals surface area (Å²) in [6.07, 6.45) is 31.0. The summed E-state index contributed by atoms with van der Waals surface area (Å²) in [4.78, 5) is 71.5. The van der Waals surface area contributed by atoms with Crippen LogP contribution in [0.1, 0.15) is 272 Å². The number of carbonyl (C=O) groups excluding carboxylic acids is 4. The molecule has 0 saturated heterocycles. The average molecular weight is 1120 g/mol. The zero-order valence-corrected chi connectivity index (χ0v) is 49.5. The summed E-state index contributed by atoms with van der Waals surface area (Å²) < 4.78 is 67.4. The molecular weight excluding hydrogens is 1010 g/mol. The van der Waals surface area contributed by atoms with Crippen LogP contribution in [0, 0.1) is 5.92 Å². The normalized spacial score (nSPS) is 14.5. The number of esters is 4. The highest BCUT2D eigenvalue weighted by Gasteiger charge is 2.30. The van der Waals surface area contributed by atoms with E-state index < -0.39 is 97.5 Å². The van der Waals surface area contributed by atoms with E-state index in [-0.39, 0.29) is 25.7 Å². The fraction of sp³-hybridized carbons (Fsp3) is 0.929. The van der Waals surface area contributed by atoms with Gasteiger partial charge in [0.15, 0.2) is 12.2 Å². The Morgan fingerprint density at radius 2 is 0.613 bits per heavy atom. The molecule has 2 unspecified atom stereocenters. The van der Waals surface area contributed by atoms with E-state index in [9.17, 15) is 43.2 Å². The fourth-order valence-electron chi connectivity index (χ4n) is 8.17. The third kappa shape index (κ3) is 51.3. The Bertz CT molecular complexity index is 1480. The van der Waals surface area contributed by atoms with Crippen LogP contribution in [0.2, 0.25) is 0 Å².